The first-order valence-corrected chi connectivity index (χ1v) is 9.35. The van der Waals surface area contributed by atoms with E-state index < -0.39 is 20.0 Å². The number of rotatable bonds is 5. The lowest BCUT2D eigenvalue weighted by Gasteiger charge is -2.18. The maximum atomic E-state index is 11.7. The van der Waals surface area contributed by atoms with Crippen molar-refractivity contribution in [1.29, 1.82) is 0 Å². The van der Waals surface area contributed by atoms with Crippen molar-refractivity contribution in [3.05, 3.63) is 23.3 Å². The normalized spacial score (nSPS) is 12.7. The first-order chi connectivity index (χ1) is 8.98. The molecule has 0 atom stereocenters. The molecule has 0 saturated carbocycles. The molecule has 0 aliphatic carbocycles. The Morgan fingerprint density at radius 3 is 2.15 bits per heavy atom. The first-order valence-electron chi connectivity index (χ1n) is 6.15. The van der Waals surface area contributed by atoms with E-state index in [1.54, 1.807) is 6.92 Å². The third-order valence-corrected chi connectivity index (χ3v) is 5.10. The molecule has 3 N–H and O–H groups in total. The fourth-order valence-corrected chi connectivity index (χ4v) is 3.13. The summed E-state index contributed by atoms with van der Waals surface area (Å²) in [7, 11) is -7.25. The average molecular weight is 320 g/mol. The number of primary sulfonamides is 1. The second-order valence-corrected chi connectivity index (χ2v) is 8.48. The lowest BCUT2D eigenvalue weighted by Crippen LogP contribution is -2.18. The quantitative estimate of drug-likeness (QED) is 0.858. The molecule has 6 nitrogen and oxygen atoms in total. The Morgan fingerprint density at radius 1 is 1.20 bits per heavy atom. The highest BCUT2D eigenvalue weighted by atomic mass is 32.2. The molecule has 0 bridgehead atoms. The molecule has 0 spiro atoms. The molecule has 0 unspecified atom stereocenters. The fourth-order valence-electron chi connectivity index (χ4n) is 1.77. The van der Waals surface area contributed by atoms with Crippen LogP contribution in [0.25, 0.3) is 0 Å². The van der Waals surface area contributed by atoms with Crippen LogP contribution in [-0.2, 0) is 20.0 Å². The Hall–Kier alpha value is -1.12. The number of benzene rings is 1. The van der Waals surface area contributed by atoms with Crippen LogP contribution in [0.1, 0.15) is 37.8 Å². The van der Waals surface area contributed by atoms with E-state index in [9.17, 15) is 16.8 Å². The van der Waals surface area contributed by atoms with Gasteiger partial charge in [0.05, 0.1) is 16.3 Å². The van der Waals surface area contributed by atoms with Crippen LogP contribution in [0.2, 0.25) is 0 Å². The van der Waals surface area contributed by atoms with E-state index in [2.05, 4.69) is 4.72 Å². The van der Waals surface area contributed by atoms with Crippen LogP contribution in [0, 0.1) is 6.92 Å². The number of nitrogens with one attached hydrogen (secondary N) is 1. The minimum Gasteiger partial charge on any atom is -0.283 e. The maximum absolute atomic E-state index is 11.7. The van der Waals surface area contributed by atoms with Gasteiger partial charge in [0.1, 0.15) is 0 Å². The molecule has 0 amide bonds. The summed E-state index contributed by atoms with van der Waals surface area (Å²) in [6, 6.07) is 2.79. The predicted molar refractivity (Wildman–Crippen MR) is 79.7 cm³/mol. The second kappa shape index (κ2) is 5.71. The standard InChI is InChI=1S/C12H20N2O4S2/c1-5-19(15,16)14-12-9(4)6-10(20(13,17)18)7-11(12)8(2)3/h6-8,14H,5H2,1-4H3,(H2,13,17,18). The minimum atomic E-state index is -3.82. The molecule has 1 aromatic rings. The van der Waals surface area contributed by atoms with Crippen LogP contribution in [0.5, 0.6) is 0 Å². The Bertz CT molecular complexity index is 707. The van der Waals surface area contributed by atoms with Gasteiger partial charge in [0.25, 0.3) is 0 Å². The monoisotopic (exact) mass is 320 g/mol. The van der Waals surface area contributed by atoms with Gasteiger partial charge >= 0.3 is 0 Å². The average Bonchev–Trinajstić information content (AvgIpc) is 2.29. The molecule has 8 heteroatoms. The van der Waals surface area contributed by atoms with Crippen molar-refractivity contribution in [1.82, 2.24) is 0 Å². The summed E-state index contributed by atoms with van der Waals surface area (Å²) in [5, 5.41) is 5.13. The number of aryl methyl sites for hydroxylation is 1. The van der Waals surface area contributed by atoms with Crippen LogP contribution in [-0.4, -0.2) is 22.6 Å². The lowest BCUT2D eigenvalue weighted by molar-refractivity contribution is 0.597. The summed E-state index contributed by atoms with van der Waals surface area (Å²) in [5.74, 6) is -0.106. The highest BCUT2D eigenvalue weighted by Gasteiger charge is 2.19. The SMILES string of the molecule is CCS(=O)(=O)Nc1c(C)cc(S(N)(=O)=O)cc1C(C)C. The highest BCUT2D eigenvalue weighted by molar-refractivity contribution is 7.92. The number of sulfonamides is 2. The van der Waals surface area contributed by atoms with E-state index in [0.29, 0.717) is 16.8 Å². The van der Waals surface area contributed by atoms with Gasteiger partial charge in [0, 0.05) is 0 Å². The molecule has 1 aromatic carbocycles. The lowest BCUT2D eigenvalue weighted by atomic mass is 9.99. The topological polar surface area (TPSA) is 106 Å². The number of nitrogens with two attached hydrogens (primary N) is 1. The van der Waals surface area contributed by atoms with Gasteiger partial charge in [-0.3, -0.25) is 4.72 Å². The van der Waals surface area contributed by atoms with Crippen molar-refractivity contribution in [2.24, 2.45) is 5.14 Å². The molecule has 0 saturated heterocycles. The predicted octanol–water partition coefficient (Wildman–Crippen LogP) is 1.53. The molecular weight excluding hydrogens is 300 g/mol. The number of hydrogen-bond acceptors (Lipinski definition) is 4. The Morgan fingerprint density at radius 2 is 1.75 bits per heavy atom. The summed E-state index contributed by atoms with van der Waals surface area (Å²) in [6.07, 6.45) is 0. The zero-order chi connectivity index (χ0) is 15.7. The molecule has 20 heavy (non-hydrogen) atoms. The Labute approximate surface area is 120 Å². The Balaban J connectivity index is 3.54. The zero-order valence-corrected chi connectivity index (χ0v) is 13.6. The van der Waals surface area contributed by atoms with Gasteiger partial charge in [-0.1, -0.05) is 13.8 Å². The van der Waals surface area contributed by atoms with Gasteiger partial charge in [-0.15, -0.1) is 0 Å². The van der Waals surface area contributed by atoms with Crippen LogP contribution in [0.15, 0.2) is 17.0 Å². The molecule has 0 fully saturated rings. The van der Waals surface area contributed by atoms with E-state index in [0.717, 1.165) is 0 Å². The van der Waals surface area contributed by atoms with Crippen molar-refractivity contribution in [3.63, 3.8) is 0 Å². The van der Waals surface area contributed by atoms with Crippen molar-refractivity contribution >= 4 is 25.7 Å². The molecule has 0 heterocycles. The second-order valence-electron chi connectivity index (χ2n) is 4.91. The van der Waals surface area contributed by atoms with E-state index >= 15 is 0 Å². The van der Waals surface area contributed by atoms with Gasteiger partial charge in [0.15, 0.2) is 0 Å². The van der Waals surface area contributed by atoms with E-state index in [1.807, 2.05) is 13.8 Å². The summed E-state index contributed by atoms with van der Waals surface area (Å²) in [6.45, 7) is 6.89. The van der Waals surface area contributed by atoms with E-state index in [-0.39, 0.29) is 16.6 Å². The highest BCUT2D eigenvalue weighted by Crippen LogP contribution is 2.31. The molecule has 0 aliphatic heterocycles. The van der Waals surface area contributed by atoms with Gasteiger partial charge in [-0.2, -0.15) is 0 Å². The van der Waals surface area contributed by atoms with Crippen LogP contribution in [0.4, 0.5) is 5.69 Å². The van der Waals surface area contributed by atoms with Crippen molar-refractivity contribution in [2.75, 3.05) is 10.5 Å². The smallest absolute Gasteiger partial charge is 0.238 e. The van der Waals surface area contributed by atoms with E-state index in [1.165, 1.54) is 19.1 Å². The van der Waals surface area contributed by atoms with E-state index in [4.69, 9.17) is 5.14 Å². The maximum Gasteiger partial charge on any atom is 0.238 e. The molecule has 114 valence electrons. The molecular formula is C12H20N2O4S2. The fraction of sp³-hybridized carbons (Fsp3) is 0.500. The molecule has 0 aromatic heterocycles. The van der Waals surface area contributed by atoms with Crippen molar-refractivity contribution in [2.45, 2.75) is 38.5 Å². The van der Waals surface area contributed by atoms with Crippen LogP contribution >= 0.6 is 0 Å². The molecule has 0 radical (unpaired) electrons. The van der Waals surface area contributed by atoms with Crippen LogP contribution < -0.4 is 9.86 Å². The van der Waals surface area contributed by atoms with Gasteiger partial charge in [0.2, 0.25) is 20.0 Å². The largest absolute Gasteiger partial charge is 0.283 e. The zero-order valence-electron chi connectivity index (χ0n) is 12.0. The van der Waals surface area contributed by atoms with Crippen molar-refractivity contribution in [3.8, 4) is 0 Å². The van der Waals surface area contributed by atoms with Crippen LogP contribution in [0.3, 0.4) is 0 Å². The van der Waals surface area contributed by atoms with Gasteiger partial charge in [-0.25, -0.2) is 22.0 Å². The summed E-state index contributed by atoms with van der Waals surface area (Å²) in [5.41, 5.74) is 1.55. The molecule has 0 aliphatic rings. The number of anilines is 1. The number of hydrogen-bond donors (Lipinski definition) is 2. The Kier molecular flexibility index (Phi) is 4.83. The van der Waals surface area contributed by atoms with Gasteiger partial charge in [-0.05, 0) is 43.0 Å². The molecule has 1 rings (SSSR count). The summed E-state index contributed by atoms with van der Waals surface area (Å²) in [4.78, 5) is -0.0156. The van der Waals surface area contributed by atoms with Crippen molar-refractivity contribution < 1.29 is 16.8 Å². The van der Waals surface area contributed by atoms with Gasteiger partial charge < -0.3 is 0 Å². The summed E-state index contributed by atoms with van der Waals surface area (Å²) >= 11 is 0. The first kappa shape index (κ1) is 16.9. The third kappa shape index (κ3) is 3.94. The minimum absolute atomic E-state index is 0.0156. The third-order valence-electron chi connectivity index (χ3n) is 2.93. The summed E-state index contributed by atoms with van der Waals surface area (Å²) < 4.78 is 48.9.